The summed E-state index contributed by atoms with van der Waals surface area (Å²) in [7, 11) is 0. The SMILES string of the molecule is Oc1ccccc1-c1[nH]ncc1Cc1ccc(Cl)cc1. The first-order valence-corrected chi connectivity index (χ1v) is 6.67. The van der Waals surface area contributed by atoms with E-state index in [1.54, 1.807) is 18.3 Å². The number of aromatic hydroxyl groups is 1. The summed E-state index contributed by atoms with van der Waals surface area (Å²) in [4.78, 5) is 0. The zero-order valence-corrected chi connectivity index (χ0v) is 11.4. The summed E-state index contributed by atoms with van der Waals surface area (Å²) in [5.74, 6) is 0.245. The number of aromatic amines is 1. The summed E-state index contributed by atoms with van der Waals surface area (Å²) in [5, 5.41) is 17.7. The molecule has 4 heteroatoms. The number of halogens is 1. The lowest BCUT2D eigenvalue weighted by molar-refractivity contribution is 0.477. The molecule has 100 valence electrons. The van der Waals surface area contributed by atoms with Crippen molar-refractivity contribution in [3.8, 4) is 17.0 Å². The number of H-pyrrole nitrogens is 1. The van der Waals surface area contributed by atoms with E-state index >= 15 is 0 Å². The van der Waals surface area contributed by atoms with Crippen LogP contribution in [-0.4, -0.2) is 15.3 Å². The van der Waals surface area contributed by atoms with Gasteiger partial charge in [-0.25, -0.2) is 0 Å². The summed E-state index contributed by atoms with van der Waals surface area (Å²) in [6, 6.07) is 15.0. The third-order valence-electron chi connectivity index (χ3n) is 3.20. The Balaban J connectivity index is 1.95. The average Bonchev–Trinajstić information content (AvgIpc) is 2.90. The van der Waals surface area contributed by atoms with Gasteiger partial charge in [0.25, 0.3) is 0 Å². The Morgan fingerprint density at radius 1 is 1.05 bits per heavy atom. The summed E-state index contributed by atoms with van der Waals surface area (Å²) in [6.45, 7) is 0. The molecule has 0 bridgehead atoms. The fourth-order valence-corrected chi connectivity index (χ4v) is 2.31. The Hall–Kier alpha value is -2.26. The fourth-order valence-electron chi connectivity index (χ4n) is 2.19. The van der Waals surface area contributed by atoms with Gasteiger partial charge in [-0.15, -0.1) is 0 Å². The molecule has 0 fully saturated rings. The van der Waals surface area contributed by atoms with Gasteiger partial charge in [-0.3, -0.25) is 5.10 Å². The summed E-state index contributed by atoms with van der Waals surface area (Å²) >= 11 is 5.89. The van der Waals surface area contributed by atoms with E-state index < -0.39 is 0 Å². The topological polar surface area (TPSA) is 48.9 Å². The molecule has 0 aliphatic heterocycles. The van der Waals surface area contributed by atoms with Crippen molar-refractivity contribution in [3.63, 3.8) is 0 Å². The van der Waals surface area contributed by atoms with E-state index in [1.165, 1.54) is 0 Å². The Bertz CT molecular complexity index is 719. The highest BCUT2D eigenvalue weighted by Crippen LogP contribution is 2.30. The summed E-state index contributed by atoms with van der Waals surface area (Å²) in [6.07, 6.45) is 2.52. The molecule has 0 saturated heterocycles. The van der Waals surface area contributed by atoms with Gasteiger partial charge >= 0.3 is 0 Å². The van der Waals surface area contributed by atoms with E-state index in [0.717, 1.165) is 33.8 Å². The molecule has 2 aromatic carbocycles. The van der Waals surface area contributed by atoms with Crippen LogP contribution in [0.1, 0.15) is 11.1 Å². The van der Waals surface area contributed by atoms with Crippen LogP contribution in [0.3, 0.4) is 0 Å². The smallest absolute Gasteiger partial charge is 0.124 e. The van der Waals surface area contributed by atoms with Crippen molar-refractivity contribution in [3.05, 3.63) is 70.9 Å². The minimum Gasteiger partial charge on any atom is -0.507 e. The lowest BCUT2D eigenvalue weighted by Gasteiger charge is -2.06. The fraction of sp³-hybridized carbons (Fsp3) is 0.0625. The van der Waals surface area contributed by atoms with E-state index in [4.69, 9.17) is 11.6 Å². The van der Waals surface area contributed by atoms with Crippen molar-refractivity contribution in [1.29, 1.82) is 0 Å². The van der Waals surface area contributed by atoms with E-state index in [0.29, 0.717) is 0 Å². The molecule has 0 amide bonds. The largest absolute Gasteiger partial charge is 0.507 e. The zero-order chi connectivity index (χ0) is 13.9. The van der Waals surface area contributed by atoms with Crippen molar-refractivity contribution >= 4 is 11.6 Å². The Morgan fingerprint density at radius 3 is 2.55 bits per heavy atom. The monoisotopic (exact) mass is 284 g/mol. The third kappa shape index (κ3) is 2.53. The van der Waals surface area contributed by atoms with Crippen LogP contribution in [0, 0.1) is 0 Å². The second-order valence-corrected chi connectivity index (χ2v) is 5.03. The normalized spacial score (nSPS) is 10.7. The molecule has 3 nitrogen and oxygen atoms in total. The number of benzene rings is 2. The number of aromatic nitrogens is 2. The minimum absolute atomic E-state index is 0.245. The molecule has 0 atom stereocenters. The highest BCUT2D eigenvalue weighted by Gasteiger charge is 2.11. The van der Waals surface area contributed by atoms with Crippen LogP contribution in [0.25, 0.3) is 11.3 Å². The molecule has 1 aromatic heterocycles. The Kier molecular flexibility index (Phi) is 3.44. The van der Waals surface area contributed by atoms with Crippen molar-refractivity contribution in [2.75, 3.05) is 0 Å². The van der Waals surface area contributed by atoms with Crippen LogP contribution in [0.2, 0.25) is 5.02 Å². The maximum absolute atomic E-state index is 9.94. The number of para-hydroxylation sites is 1. The van der Waals surface area contributed by atoms with Crippen molar-refractivity contribution in [2.45, 2.75) is 6.42 Å². The second kappa shape index (κ2) is 5.39. The lowest BCUT2D eigenvalue weighted by atomic mass is 10.0. The lowest BCUT2D eigenvalue weighted by Crippen LogP contribution is -1.90. The zero-order valence-electron chi connectivity index (χ0n) is 10.7. The molecule has 0 radical (unpaired) electrons. The molecule has 0 aliphatic rings. The maximum Gasteiger partial charge on any atom is 0.124 e. The molecular formula is C16H13ClN2O. The molecule has 0 spiro atoms. The van der Waals surface area contributed by atoms with Crippen LogP contribution in [0.4, 0.5) is 0 Å². The number of phenolic OH excluding ortho intramolecular Hbond substituents is 1. The van der Waals surface area contributed by atoms with Crippen LogP contribution in [0.5, 0.6) is 5.75 Å². The number of hydrogen-bond donors (Lipinski definition) is 2. The number of rotatable bonds is 3. The first-order valence-electron chi connectivity index (χ1n) is 6.29. The standard InChI is InChI=1S/C16H13ClN2O/c17-13-7-5-11(6-8-13)9-12-10-18-19-16(12)14-3-1-2-4-15(14)20/h1-8,10,20H,9H2,(H,18,19). The van der Waals surface area contributed by atoms with Crippen molar-refractivity contribution in [2.24, 2.45) is 0 Å². The quantitative estimate of drug-likeness (QED) is 0.763. The van der Waals surface area contributed by atoms with E-state index in [2.05, 4.69) is 10.2 Å². The molecule has 0 aliphatic carbocycles. The average molecular weight is 285 g/mol. The first-order chi connectivity index (χ1) is 9.74. The number of nitrogens with one attached hydrogen (secondary N) is 1. The van der Waals surface area contributed by atoms with Crippen LogP contribution < -0.4 is 0 Å². The van der Waals surface area contributed by atoms with Gasteiger partial charge in [-0.2, -0.15) is 5.10 Å². The summed E-state index contributed by atoms with van der Waals surface area (Å²) < 4.78 is 0. The van der Waals surface area contributed by atoms with Crippen LogP contribution in [0.15, 0.2) is 54.7 Å². The van der Waals surface area contributed by atoms with Crippen molar-refractivity contribution < 1.29 is 5.11 Å². The van der Waals surface area contributed by atoms with Gasteiger partial charge in [-0.05, 0) is 29.8 Å². The minimum atomic E-state index is 0.245. The van der Waals surface area contributed by atoms with E-state index in [1.807, 2.05) is 36.4 Å². The number of hydrogen-bond acceptors (Lipinski definition) is 2. The summed E-state index contributed by atoms with van der Waals surface area (Å²) in [5.41, 5.74) is 3.79. The van der Waals surface area contributed by atoms with Gasteiger partial charge in [-0.1, -0.05) is 35.9 Å². The maximum atomic E-state index is 9.94. The van der Waals surface area contributed by atoms with Gasteiger partial charge in [0.15, 0.2) is 0 Å². The molecular weight excluding hydrogens is 272 g/mol. The number of phenols is 1. The van der Waals surface area contributed by atoms with Gasteiger partial charge in [0.1, 0.15) is 5.75 Å². The Morgan fingerprint density at radius 2 is 1.80 bits per heavy atom. The van der Waals surface area contributed by atoms with Crippen LogP contribution in [-0.2, 0) is 6.42 Å². The van der Waals surface area contributed by atoms with Gasteiger partial charge in [0.2, 0.25) is 0 Å². The molecule has 20 heavy (non-hydrogen) atoms. The molecule has 0 unspecified atom stereocenters. The van der Waals surface area contributed by atoms with E-state index in [-0.39, 0.29) is 5.75 Å². The van der Waals surface area contributed by atoms with Crippen LogP contribution >= 0.6 is 11.6 Å². The second-order valence-electron chi connectivity index (χ2n) is 4.59. The molecule has 2 N–H and O–H groups in total. The van der Waals surface area contributed by atoms with Gasteiger partial charge in [0, 0.05) is 22.6 Å². The number of nitrogens with zero attached hydrogens (tertiary/aromatic N) is 1. The van der Waals surface area contributed by atoms with E-state index in [9.17, 15) is 5.11 Å². The molecule has 3 aromatic rings. The third-order valence-corrected chi connectivity index (χ3v) is 3.45. The highest BCUT2D eigenvalue weighted by molar-refractivity contribution is 6.30. The molecule has 1 heterocycles. The molecule has 0 saturated carbocycles. The van der Waals surface area contributed by atoms with Crippen molar-refractivity contribution in [1.82, 2.24) is 10.2 Å². The molecule has 3 rings (SSSR count). The predicted molar refractivity (Wildman–Crippen MR) is 79.9 cm³/mol. The predicted octanol–water partition coefficient (Wildman–Crippen LogP) is 4.03. The van der Waals surface area contributed by atoms with Gasteiger partial charge < -0.3 is 5.11 Å². The highest BCUT2D eigenvalue weighted by atomic mass is 35.5. The van der Waals surface area contributed by atoms with Gasteiger partial charge in [0.05, 0.1) is 11.9 Å². The Labute approximate surface area is 121 Å². The first kappa shape index (κ1) is 12.8.